The molecule has 1 saturated heterocycles. The van der Waals surface area contributed by atoms with Crippen LogP contribution in [0.2, 0.25) is 0 Å². The van der Waals surface area contributed by atoms with Gasteiger partial charge in [-0.2, -0.15) is 0 Å². The van der Waals surface area contributed by atoms with Crippen molar-refractivity contribution in [3.05, 3.63) is 0 Å². The number of carbonyl (C=O) groups is 2. The van der Waals surface area contributed by atoms with Gasteiger partial charge in [-0.15, -0.1) is 0 Å². The molecule has 1 atom stereocenters. The van der Waals surface area contributed by atoms with Crippen molar-refractivity contribution in [1.29, 1.82) is 0 Å². The SMILES string of the molecule is CCCC1NCC(=O)N1CC(=O)[O-].[Na+]. The van der Waals surface area contributed by atoms with Crippen molar-refractivity contribution in [3.8, 4) is 0 Å². The van der Waals surface area contributed by atoms with Gasteiger partial charge >= 0.3 is 29.6 Å². The number of carbonyl (C=O) groups excluding carboxylic acids is 2. The van der Waals surface area contributed by atoms with Gasteiger partial charge in [0, 0.05) is 0 Å². The van der Waals surface area contributed by atoms with Crippen LogP contribution in [0.1, 0.15) is 19.8 Å². The second kappa shape index (κ2) is 6.40. The number of carboxylic acids is 1. The largest absolute Gasteiger partial charge is 1.00 e. The van der Waals surface area contributed by atoms with E-state index in [0.29, 0.717) is 0 Å². The van der Waals surface area contributed by atoms with E-state index in [1.807, 2.05) is 6.92 Å². The number of carboxylic acid groups (broad SMARTS) is 1. The smallest absolute Gasteiger partial charge is 0.548 e. The molecule has 0 bridgehead atoms. The Hall–Kier alpha value is -0.100. The van der Waals surface area contributed by atoms with Gasteiger partial charge in [-0.1, -0.05) is 13.3 Å². The fourth-order valence-corrected chi connectivity index (χ4v) is 1.46. The standard InChI is InChI=1S/C8H14N2O3.Na/c1-2-3-6-9-4-7(11)10(6)5-8(12)13;/h6,9H,2-5H2,1H3,(H,12,13);/q;+1/p-1. The summed E-state index contributed by atoms with van der Waals surface area (Å²) >= 11 is 0. The molecule has 14 heavy (non-hydrogen) atoms. The van der Waals surface area contributed by atoms with Crippen molar-refractivity contribution < 1.29 is 44.3 Å². The van der Waals surface area contributed by atoms with Crippen LogP contribution < -0.4 is 40.0 Å². The average molecular weight is 208 g/mol. The van der Waals surface area contributed by atoms with Gasteiger partial charge in [-0.05, 0) is 6.42 Å². The summed E-state index contributed by atoms with van der Waals surface area (Å²) in [5.41, 5.74) is 0. The first kappa shape index (κ1) is 13.9. The molecule has 5 nitrogen and oxygen atoms in total. The van der Waals surface area contributed by atoms with Gasteiger partial charge in [-0.3, -0.25) is 10.1 Å². The van der Waals surface area contributed by atoms with Gasteiger partial charge < -0.3 is 14.8 Å². The summed E-state index contributed by atoms with van der Waals surface area (Å²) < 4.78 is 0. The molecular weight excluding hydrogens is 195 g/mol. The van der Waals surface area contributed by atoms with E-state index in [4.69, 9.17) is 0 Å². The zero-order valence-corrected chi connectivity index (χ0v) is 10.6. The molecule has 6 heteroatoms. The summed E-state index contributed by atoms with van der Waals surface area (Å²) in [7, 11) is 0. The Labute approximate surface area is 105 Å². The third-order valence-corrected chi connectivity index (χ3v) is 2.05. The van der Waals surface area contributed by atoms with E-state index in [1.54, 1.807) is 0 Å². The zero-order valence-electron chi connectivity index (χ0n) is 8.58. The van der Waals surface area contributed by atoms with Crippen LogP contribution in [-0.2, 0) is 9.59 Å². The Kier molecular flexibility index (Phi) is 6.35. The second-order valence-corrected chi connectivity index (χ2v) is 3.08. The zero-order chi connectivity index (χ0) is 9.84. The second-order valence-electron chi connectivity index (χ2n) is 3.08. The molecule has 1 heterocycles. The van der Waals surface area contributed by atoms with Crippen molar-refractivity contribution in [2.45, 2.75) is 25.9 Å². The third-order valence-electron chi connectivity index (χ3n) is 2.05. The maximum absolute atomic E-state index is 11.2. The first-order valence-electron chi connectivity index (χ1n) is 4.38. The fraction of sp³-hybridized carbons (Fsp3) is 0.750. The van der Waals surface area contributed by atoms with Crippen molar-refractivity contribution in [2.75, 3.05) is 13.1 Å². The molecule has 0 aliphatic carbocycles. The molecule has 1 aliphatic rings. The van der Waals surface area contributed by atoms with E-state index >= 15 is 0 Å². The minimum atomic E-state index is -1.21. The van der Waals surface area contributed by atoms with Crippen LogP contribution in [0.15, 0.2) is 0 Å². The van der Waals surface area contributed by atoms with E-state index < -0.39 is 5.97 Å². The fourth-order valence-electron chi connectivity index (χ4n) is 1.46. The van der Waals surface area contributed by atoms with Crippen molar-refractivity contribution in [1.82, 2.24) is 10.2 Å². The number of amides is 1. The number of rotatable bonds is 4. The number of aliphatic carboxylic acids is 1. The third kappa shape index (κ3) is 3.57. The molecule has 1 fully saturated rings. The molecule has 0 saturated carbocycles. The molecule has 0 aromatic carbocycles. The predicted octanol–water partition coefficient (Wildman–Crippen LogP) is -4.70. The van der Waals surface area contributed by atoms with Gasteiger partial charge in [0.15, 0.2) is 0 Å². The Morgan fingerprint density at radius 2 is 2.36 bits per heavy atom. The van der Waals surface area contributed by atoms with Crippen LogP contribution in [0.5, 0.6) is 0 Å². The molecule has 0 aromatic heterocycles. The molecule has 1 N–H and O–H groups in total. The number of nitrogens with one attached hydrogen (secondary N) is 1. The van der Waals surface area contributed by atoms with Crippen LogP contribution >= 0.6 is 0 Å². The van der Waals surface area contributed by atoms with Crippen molar-refractivity contribution >= 4 is 11.9 Å². The van der Waals surface area contributed by atoms with Gasteiger partial charge in [0.25, 0.3) is 0 Å². The summed E-state index contributed by atoms with van der Waals surface area (Å²) in [5.74, 6) is -1.37. The predicted molar refractivity (Wildman–Crippen MR) is 43.4 cm³/mol. The van der Waals surface area contributed by atoms with Gasteiger partial charge in [-0.25, -0.2) is 0 Å². The monoisotopic (exact) mass is 208 g/mol. The number of hydrogen-bond donors (Lipinski definition) is 1. The molecule has 74 valence electrons. The summed E-state index contributed by atoms with van der Waals surface area (Å²) in [6.07, 6.45) is 1.56. The van der Waals surface area contributed by atoms with Crippen LogP contribution in [0, 0.1) is 0 Å². The Morgan fingerprint density at radius 1 is 1.71 bits per heavy atom. The van der Waals surface area contributed by atoms with Gasteiger partial charge in [0.05, 0.1) is 25.2 Å². The van der Waals surface area contributed by atoms with Crippen LogP contribution in [0.4, 0.5) is 0 Å². The number of hydrogen-bond acceptors (Lipinski definition) is 4. The van der Waals surface area contributed by atoms with Crippen molar-refractivity contribution in [3.63, 3.8) is 0 Å². The topological polar surface area (TPSA) is 72.5 Å². The maximum Gasteiger partial charge on any atom is 1.00 e. The molecule has 1 unspecified atom stereocenters. The van der Waals surface area contributed by atoms with E-state index in [-0.39, 0.29) is 54.7 Å². The van der Waals surface area contributed by atoms with Gasteiger partial charge in [0.1, 0.15) is 0 Å². The summed E-state index contributed by atoms with van der Waals surface area (Å²) in [6.45, 7) is 1.91. The van der Waals surface area contributed by atoms with E-state index in [1.165, 1.54) is 4.90 Å². The maximum atomic E-state index is 11.2. The average Bonchev–Trinajstić information content (AvgIpc) is 2.36. The summed E-state index contributed by atoms with van der Waals surface area (Å²) in [5, 5.41) is 13.3. The Balaban J connectivity index is 0.00000169. The Morgan fingerprint density at radius 3 is 2.86 bits per heavy atom. The first-order valence-corrected chi connectivity index (χ1v) is 4.38. The van der Waals surface area contributed by atoms with Crippen molar-refractivity contribution in [2.24, 2.45) is 0 Å². The van der Waals surface area contributed by atoms with E-state index in [0.717, 1.165) is 12.8 Å². The van der Waals surface area contributed by atoms with Gasteiger partial charge in [0.2, 0.25) is 5.91 Å². The molecule has 1 amide bonds. The summed E-state index contributed by atoms with van der Waals surface area (Å²) in [4.78, 5) is 22.8. The minimum Gasteiger partial charge on any atom is -0.548 e. The van der Waals surface area contributed by atoms with E-state index in [9.17, 15) is 14.7 Å². The number of nitrogens with zero attached hydrogens (tertiary/aromatic N) is 1. The first-order chi connectivity index (χ1) is 6.15. The van der Waals surface area contributed by atoms with Crippen LogP contribution in [0.3, 0.4) is 0 Å². The molecule has 1 rings (SSSR count). The van der Waals surface area contributed by atoms with E-state index in [2.05, 4.69) is 5.32 Å². The molecule has 0 aromatic rings. The molecule has 1 aliphatic heterocycles. The van der Waals surface area contributed by atoms with Crippen LogP contribution in [0.25, 0.3) is 0 Å². The molecule has 0 spiro atoms. The Bertz CT molecular complexity index is 223. The quantitative estimate of drug-likeness (QED) is 0.471. The molecule has 0 radical (unpaired) electrons. The van der Waals surface area contributed by atoms with Crippen LogP contribution in [-0.4, -0.2) is 36.0 Å². The normalized spacial score (nSPS) is 20.8. The molecular formula is C8H13N2NaO3. The summed E-state index contributed by atoms with van der Waals surface area (Å²) in [6, 6.07) is 0. The minimum absolute atomic E-state index is 0.